The van der Waals surface area contributed by atoms with Crippen LogP contribution >= 0.6 is 0 Å². The van der Waals surface area contributed by atoms with Crippen LogP contribution in [-0.2, 0) is 9.31 Å². The number of hydrogen-bond donors (Lipinski definition) is 0. The van der Waals surface area contributed by atoms with Gasteiger partial charge in [0.1, 0.15) is 12.0 Å². The zero-order valence-corrected chi connectivity index (χ0v) is 13.4. The third-order valence-electron chi connectivity index (χ3n) is 4.09. The van der Waals surface area contributed by atoms with Gasteiger partial charge in [-0.15, -0.1) is 0 Å². The first-order chi connectivity index (χ1) is 9.79. The lowest BCUT2D eigenvalue weighted by atomic mass is 9.78. The van der Waals surface area contributed by atoms with E-state index in [1.165, 1.54) is 0 Å². The minimum Gasteiger partial charge on any atom is -0.494 e. The van der Waals surface area contributed by atoms with Crippen molar-refractivity contribution in [2.75, 3.05) is 6.61 Å². The standard InChI is InChI=1S/C16H23BO4/c1-6-7-19-14-9-12(11-18)8-13(10-14)17-20-15(2,3)16(4,5)21-17/h8-11H,6-7H2,1-5H3. The van der Waals surface area contributed by atoms with Crippen LogP contribution < -0.4 is 10.2 Å². The monoisotopic (exact) mass is 290 g/mol. The van der Waals surface area contributed by atoms with Crippen LogP contribution in [0.4, 0.5) is 0 Å². The summed E-state index contributed by atoms with van der Waals surface area (Å²) < 4.78 is 17.7. The van der Waals surface area contributed by atoms with Gasteiger partial charge in [-0.25, -0.2) is 0 Å². The molecule has 0 N–H and O–H groups in total. The molecule has 1 aromatic rings. The van der Waals surface area contributed by atoms with E-state index in [1.807, 2.05) is 40.7 Å². The van der Waals surface area contributed by atoms with Gasteiger partial charge in [-0.3, -0.25) is 4.79 Å². The Balaban J connectivity index is 2.29. The molecule has 0 saturated carbocycles. The highest BCUT2D eigenvalue weighted by Gasteiger charge is 2.51. The van der Waals surface area contributed by atoms with E-state index < -0.39 is 18.3 Å². The van der Waals surface area contributed by atoms with Crippen molar-refractivity contribution in [3.63, 3.8) is 0 Å². The summed E-state index contributed by atoms with van der Waals surface area (Å²) in [5.41, 5.74) is 0.566. The second kappa shape index (κ2) is 5.81. The van der Waals surface area contributed by atoms with E-state index in [0.717, 1.165) is 18.2 Å². The number of aldehydes is 1. The Kier molecular flexibility index (Phi) is 4.44. The molecule has 1 aliphatic rings. The van der Waals surface area contributed by atoms with Crippen molar-refractivity contribution in [1.29, 1.82) is 0 Å². The van der Waals surface area contributed by atoms with Gasteiger partial charge < -0.3 is 14.0 Å². The van der Waals surface area contributed by atoms with Crippen LogP contribution in [0.3, 0.4) is 0 Å². The third-order valence-corrected chi connectivity index (χ3v) is 4.09. The zero-order chi connectivity index (χ0) is 15.7. The molecule has 1 heterocycles. The van der Waals surface area contributed by atoms with Crippen LogP contribution in [-0.4, -0.2) is 31.2 Å². The zero-order valence-electron chi connectivity index (χ0n) is 13.4. The largest absolute Gasteiger partial charge is 0.494 e. The highest BCUT2D eigenvalue weighted by Crippen LogP contribution is 2.36. The van der Waals surface area contributed by atoms with Gasteiger partial charge in [-0.05, 0) is 51.7 Å². The highest BCUT2D eigenvalue weighted by molar-refractivity contribution is 6.62. The summed E-state index contributed by atoms with van der Waals surface area (Å²) in [5.74, 6) is 0.672. The van der Waals surface area contributed by atoms with E-state index in [0.29, 0.717) is 17.9 Å². The smallest absolute Gasteiger partial charge is 0.494 e. The SMILES string of the molecule is CCCOc1cc(C=O)cc(B2OC(C)(C)C(C)(C)O2)c1. The lowest BCUT2D eigenvalue weighted by Crippen LogP contribution is -2.41. The predicted octanol–water partition coefficient (Wildman–Crippen LogP) is 2.59. The Morgan fingerprint density at radius 2 is 1.76 bits per heavy atom. The molecule has 4 nitrogen and oxygen atoms in total. The van der Waals surface area contributed by atoms with Gasteiger partial charge in [-0.1, -0.05) is 13.0 Å². The maximum atomic E-state index is 11.1. The molecule has 1 aromatic carbocycles. The Bertz CT molecular complexity index is 509. The molecule has 1 fully saturated rings. The molecule has 0 atom stereocenters. The number of carbonyl (C=O) groups is 1. The summed E-state index contributed by atoms with van der Waals surface area (Å²) in [6, 6.07) is 5.40. The predicted molar refractivity (Wildman–Crippen MR) is 83.3 cm³/mol. The number of carbonyl (C=O) groups excluding carboxylic acids is 1. The summed E-state index contributed by atoms with van der Waals surface area (Å²) >= 11 is 0. The fourth-order valence-corrected chi connectivity index (χ4v) is 2.13. The Morgan fingerprint density at radius 1 is 1.14 bits per heavy atom. The molecule has 0 unspecified atom stereocenters. The van der Waals surface area contributed by atoms with Crippen LogP contribution in [0.2, 0.25) is 0 Å². The Hall–Kier alpha value is -1.33. The van der Waals surface area contributed by atoms with E-state index in [9.17, 15) is 4.79 Å². The van der Waals surface area contributed by atoms with Gasteiger partial charge in [0.25, 0.3) is 0 Å². The average molecular weight is 290 g/mol. The van der Waals surface area contributed by atoms with Crippen molar-refractivity contribution in [1.82, 2.24) is 0 Å². The summed E-state index contributed by atoms with van der Waals surface area (Å²) in [7, 11) is -0.487. The summed E-state index contributed by atoms with van der Waals surface area (Å²) in [6.07, 6.45) is 1.73. The Labute approximate surface area is 126 Å². The van der Waals surface area contributed by atoms with Gasteiger partial charge in [0.2, 0.25) is 0 Å². The van der Waals surface area contributed by atoms with Gasteiger partial charge in [0.05, 0.1) is 17.8 Å². The first-order valence-corrected chi connectivity index (χ1v) is 7.37. The van der Waals surface area contributed by atoms with Crippen LogP contribution in [0.1, 0.15) is 51.4 Å². The minimum atomic E-state index is -0.487. The van der Waals surface area contributed by atoms with Crippen LogP contribution in [0.15, 0.2) is 18.2 Å². The molecule has 0 bridgehead atoms. The van der Waals surface area contributed by atoms with Crippen LogP contribution in [0, 0.1) is 0 Å². The van der Waals surface area contributed by atoms with E-state index in [-0.39, 0.29) is 0 Å². The number of rotatable bonds is 5. The van der Waals surface area contributed by atoms with Crippen molar-refractivity contribution in [3.8, 4) is 5.75 Å². The summed E-state index contributed by atoms with van der Waals surface area (Å²) in [6.45, 7) is 10.7. The maximum absolute atomic E-state index is 11.1. The lowest BCUT2D eigenvalue weighted by molar-refractivity contribution is 0.00578. The molecule has 2 rings (SSSR count). The minimum absolute atomic E-state index is 0.403. The van der Waals surface area contributed by atoms with Gasteiger partial charge in [-0.2, -0.15) is 0 Å². The number of ether oxygens (including phenoxy) is 1. The van der Waals surface area contributed by atoms with E-state index in [4.69, 9.17) is 14.0 Å². The molecule has 0 amide bonds. The molecule has 1 aliphatic heterocycles. The van der Waals surface area contributed by atoms with Gasteiger partial charge in [0.15, 0.2) is 0 Å². The first-order valence-electron chi connectivity index (χ1n) is 7.37. The van der Waals surface area contributed by atoms with E-state index in [1.54, 1.807) is 12.1 Å². The molecule has 5 heteroatoms. The molecule has 114 valence electrons. The highest BCUT2D eigenvalue weighted by atomic mass is 16.7. The van der Waals surface area contributed by atoms with Crippen molar-refractivity contribution in [2.24, 2.45) is 0 Å². The summed E-state index contributed by atoms with van der Waals surface area (Å²) in [4.78, 5) is 11.1. The maximum Gasteiger partial charge on any atom is 0.494 e. The molecule has 0 aliphatic carbocycles. The summed E-state index contributed by atoms with van der Waals surface area (Å²) in [5, 5.41) is 0. The second-order valence-electron chi connectivity index (χ2n) is 6.39. The lowest BCUT2D eigenvalue weighted by Gasteiger charge is -2.32. The second-order valence-corrected chi connectivity index (χ2v) is 6.39. The molecule has 0 radical (unpaired) electrons. The fraction of sp³-hybridized carbons (Fsp3) is 0.562. The van der Waals surface area contributed by atoms with E-state index >= 15 is 0 Å². The Morgan fingerprint density at radius 3 is 2.29 bits per heavy atom. The molecule has 21 heavy (non-hydrogen) atoms. The van der Waals surface area contributed by atoms with Crippen LogP contribution in [0.5, 0.6) is 5.75 Å². The van der Waals surface area contributed by atoms with Crippen molar-refractivity contribution >= 4 is 18.9 Å². The topological polar surface area (TPSA) is 44.8 Å². The fourth-order valence-electron chi connectivity index (χ4n) is 2.13. The average Bonchev–Trinajstić information content (AvgIpc) is 2.65. The molecule has 0 aromatic heterocycles. The third kappa shape index (κ3) is 3.30. The molecule has 1 saturated heterocycles. The van der Waals surface area contributed by atoms with Crippen LogP contribution in [0.25, 0.3) is 0 Å². The number of hydrogen-bond acceptors (Lipinski definition) is 4. The normalized spacial score (nSPS) is 19.6. The molecule has 0 spiro atoms. The van der Waals surface area contributed by atoms with Crippen molar-refractivity contribution in [3.05, 3.63) is 23.8 Å². The van der Waals surface area contributed by atoms with Crippen molar-refractivity contribution in [2.45, 2.75) is 52.2 Å². The van der Waals surface area contributed by atoms with E-state index in [2.05, 4.69) is 0 Å². The van der Waals surface area contributed by atoms with Gasteiger partial charge in [0, 0.05) is 5.56 Å². The first kappa shape index (κ1) is 16.1. The van der Waals surface area contributed by atoms with Crippen molar-refractivity contribution < 1.29 is 18.8 Å². The van der Waals surface area contributed by atoms with Gasteiger partial charge >= 0.3 is 7.12 Å². The quantitative estimate of drug-likeness (QED) is 0.617. The number of benzene rings is 1. The molecular weight excluding hydrogens is 267 g/mol. The molecular formula is C16H23BO4.